The first kappa shape index (κ1) is 20.4. The maximum Gasteiger partial charge on any atom is 0.266 e. The topological polar surface area (TPSA) is 52.9 Å². The maximum atomic E-state index is 12.5. The zero-order valence-corrected chi connectivity index (χ0v) is 17.5. The highest BCUT2D eigenvalue weighted by Crippen LogP contribution is 2.28. The van der Waals surface area contributed by atoms with E-state index in [1.807, 2.05) is 62.4 Å². The van der Waals surface area contributed by atoms with Crippen LogP contribution in [0.4, 0.5) is 5.69 Å². The van der Waals surface area contributed by atoms with Crippen LogP contribution in [0.25, 0.3) is 6.08 Å². The van der Waals surface area contributed by atoms with Crippen LogP contribution in [0, 0.1) is 32.1 Å². The fourth-order valence-electron chi connectivity index (χ4n) is 2.83. The molecule has 4 heteroatoms. The Balaban J connectivity index is 1.72. The molecule has 1 amide bonds. The van der Waals surface area contributed by atoms with E-state index in [9.17, 15) is 10.1 Å². The van der Waals surface area contributed by atoms with Crippen molar-refractivity contribution in [1.82, 2.24) is 0 Å². The van der Waals surface area contributed by atoms with Crippen molar-refractivity contribution in [3.8, 4) is 6.07 Å². The van der Waals surface area contributed by atoms with E-state index < -0.39 is 5.91 Å². The number of hydrogen-bond donors (Lipinski definition) is 1. The molecule has 0 radical (unpaired) electrons. The molecule has 0 saturated heterocycles. The predicted octanol–water partition coefficient (Wildman–Crippen LogP) is 6.31. The van der Waals surface area contributed by atoms with Gasteiger partial charge in [0.2, 0.25) is 0 Å². The molecular weight excluding hydrogens is 376 g/mol. The number of nitriles is 1. The SMILES string of the molecule is Cc1ccc(Sc2ccc(/C=C(/C#N)C(=O)Nc3ccc(C)cc3C)cc2)cc1. The summed E-state index contributed by atoms with van der Waals surface area (Å²) < 4.78 is 0. The van der Waals surface area contributed by atoms with Crippen LogP contribution in [0.1, 0.15) is 22.3 Å². The second kappa shape index (κ2) is 9.27. The lowest BCUT2D eigenvalue weighted by Gasteiger charge is -2.08. The van der Waals surface area contributed by atoms with Crippen molar-refractivity contribution < 1.29 is 4.79 Å². The highest BCUT2D eigenvalue weighted by atomic mass is 32.2. The van der Waals surface area contributed by atoms with Crippen LogP contribution in [0.15, 0.2) is 82.1 Å². The molecule has 1 N–H and O–H groups in total. The predicted molar refractivity (Wildman–Crippen MR) is 120 cm³/mol. The number of amides is 1. The molecule has 0 saturated carbocycles. The smallest absolute Gasteiger partial charge is 0.266 e. The van der Waals surface area contributed by atoms with Gasteiger partial charge in [-0.2, -0.15) is 5.26 Å². The molecule has 3 aromatic rings. The van der Waals surface area contributed by atoms with Gasteiger partial charge in [0.05, 0.1) is 0 Å². The Morgan fingerprint density at radius 2 is 1.48 bits per heavy atom. The average molecular weight is 399 g/mol. The van der Waals surface area contributed by atoms with Crippen LogP contribution in [0.2, 0.25) is 0 Å². The summed E-state index contributed by atoms with van der Waals surface area (Å²) in [4.78, 5) is 14.8. The van der Waals surface area contributed by atoms with E-state index >= 15 is 0 Å². The van der Waals surface area contributed by atoms with Crippen LogP contribution >= 0.6 is 11.8 Å². The lowest BCUT2D eigenvalue weighted by molar-refractivity contribution is -0.112. The number of carbonyl (C=O) groups is 1. The zero-order chi connectivity index (χ0) is 20.8. The van der Waals surface area contributed by atoms with Crippen molar-refractivity contribution in [2.24, 2.45) is 0 Å². The van der Waals surface area contributed by atoms with Gasteiger partial charge in [0.25, 0.3) is 5.91 Å². The zero-order valence-electron chi connectivity index (χ0n) is 16.7. The van der Waals surface area contributed by atoms with Gasteiger partial charge in [-0.15, -0.1) is 0 Å². The number of nitrogens with one attached hydrogen (secondary N) is 1. The lowest BCUT2D eigenvalue weighted by Crippen LogP contribution is -2.14. The Kier molecular flexibility index (Phi) is 6.54. The first-order chi connectivity index (χ1) is 13.9. The van der Waals surface area contributed by atoms with E-state index in [1.165, 1.54) is 10.5 Å². The molecule has 3 aromatic carbocycles. The normalized spacial score (nSPS) is 11.0. The van der Waals surface area contributed by atoms with Gasteiger partial charge in [0.15, 0.2) is 0 Å². The number of aryl methyl sites for hydroxylation is 3. The summed E-state index contributed by atoms with van der Waals surface area (Å²) in [7, 11) is 0. The molecule has 3 rings (SSSR count). The van der Waals surface area contributed by atoms with Gasteiger partial charge in [-0.1, -0.05) is 59.3 Å². The Morgan fingerprint density at radius 3 is 2.07 bits per heavy atom. The minimum atomic E-state index is -0.405. The number of benzene rings is 3. The number of nitrogens with zero attached hydrogens (tertiary/aromatic N) is 1. The quantitative estimate of drug-likeness (QED) is 0.405. The second-order valence-corrected chi connectivity index (χ2v) is 8.07. The number of rotatable bonds is 5. The van der Waals surface area contributed by atoms with Crippen LogP contribution in [0.3, 0.4) is 0 Å². The van der Waals surface area contributed by atoms with Crippen molar-refractivity contribution in [3.05, 3.63) is 94.6 Å². The Hall–Kier alpha value is -3.29. The third kappa shape index (κ3) is 5.60. The summed E-state index contributed by atoms with van der Waals surface area (Å²) in [5.41, 5.74) is 4.92. The van der Waals surface area contributed by atoms with Crippen molar-refractivity contribution in [2.75, 3.05) is 5.32 Å². The van der Waals surface area contributed by atoms with Gasteiger partial charge in [-0.3, -0.25) is 4.79 Å². The van der Waals surface area contributed by atoms with Gasteiger partial charge >= 0.3 is 0 Å². The number of carbonyl (C=O) groups excluding carboxylic acids is 1. The largest absolute Gasteiger partial charge is 0.321 e. The van der Waals surface area contributed by atoms with Crippen molar-refractivity contribution in [3.63, 3.8) is 0 Å². The molecule has 0 spiro atoms. The first-order valence-corrected chi connectivity index (χ1v) is 10.1. The van der Waals surface area contributed by atoms with Gasteiger partial charge in [0.1, 0.15) is 11.6 Å². The molecule has 0 fully saturated rings. The Labute approximate surface area is 176 Å². The summed E-state index contributed by atoms with van der Waals surface area (Å²) in [5, 5.41) is 12.3. The number of anilines is 1. The lowest BCUT2D eigenvalue weighted by atomic mass is 10.1. The highest BCUT2D eigenvalue weighted by Gasteiger charge is 2.11. The number of hydrogen-bond acceptors (Lipinski definition) is 3. The third-order valence-corrected chi connectivity index (χ3v) is 5.46. The fourth-order valence-corrected chi connectivity index (χ4v) is 3.65. The molecule has 0 aliphatic carbocycles. The molecule has 144 valence electrons. The molecular formula is C25H22N2OS. The third-order valence-electron chi connectivity index (χ3n) is 4.44. The summed E-state index contributed by atoms with van der Waals surface area (Å²) in [5.74, 6) is -0.405. The molecule has 0 bridgehead atoms. The van der Waals surface area contributed by atoms with E-state index in [0.29, 0.717) is 5.69 Å². The summed E-state index contributed by atoms with van der Waals surface area (Å²) in [6, 6.07) is 24.0. The summed E-state index contributed by atoms with van der Waals surface area (Å²) in [6.45, 7) is 6.00. The van der Waals surface area contributed by atoms with E-state index in [-0.39, 0.29) is 5.57 Å². The van der Waals surface area contributed by atoms with E-state index in [4.69, 9.17) is 0 Å². The average Bonchev–Trinajstić information content (AvgIpc) is 2.71. The van der Waals surface area contributed by atoms with Crippen molar-refractivity contribution >= 4 is 29.4 Å². The summed E-state index contributed by atoms with van der Waals surface area (Å²) in [6.07, 6.45) is 1.61. The van der Waals surface area contributed by atoms with Crippen LogP contribution in [-0.2, 0) is 4.79 Å². The van der Waals surface area contributed by atoms with E-state index in [0.717, 1.165) is 21.6 Å². The molecule has 0 heterocycles. The molecule has 3 nitrogen and oxygen atoms in total. The Morgan fingerprint density at radius 1 is 0.897 bits per heavy atom. The minimum absolute atomic E-state index is 0.0731. The monoisotopic (exact) mass is 398 g/mol. The second-order valence-electron chi connectivity index (χ2n) is 6.93. The van der Waals surface area contributed by atoms with Gasteiger partial charge in [-0.25, -0.2) is 0 Å². The minimum Gasteiger partial charge on any atom is -0.321 e. The van der Waals surface area contributed by atoms with Crippen molar-refractivity contribution in [2.45, 2.75) is 30.6 Å². The molecule has 0 unspecified atom stereocenters. The van der Waals surface area contributed by atoms with Gasteiger partial charge in [0, 0.05) is 15.5 Å². The van der Waals surface area contributed by atoms with Crippen molar-refractivity contribution in [1.29, 1.82) is 5.26 Å². The molecule has 0 aliphatic rings. The standard InChI is InChI=1S/C25H22N2OS/c1-17-4-9-22(10-5-17)29-23-11-7-20(8-12-23)15-21(16-26)25(28)27-24-13-6-18(2)14-19(24)3/h4-15H,1-3H3,(H,27,28)/b21-15-. The Bertz CT molecular complexity index is 1090. The fraction of sp³-hybridized carbons (Fsp3) is 0.120. The van der Waals surface area contributed by atoms with Gasteiger partial charge < -0.3 is 5.32 Å². The molecule has 0 aliphatic heterocycles. The van der Waals surface area contributed by atoms with Crippen LogP contribution in [-0.4, -0.2) is 5.91 Å². The van der Waals surface area contributed by atoms with Crippen LogP contribution < -0.4 is 5.32 Å². The highest BCUT2D eigenvalue weighted by molar-refractivity contribution is 7.99. The summed E-state index contributed by atoms with van der Waals surface area (Å²) >= 11 is 1.68. The molecule has 0 atom stereocenters. The maximum absolute atomic E-state index is 12.5. The molecule has 29 heavy (non-hydrogen) atoms. The molecule has 0 aromatic heterocycles. The van der Waals surface area contributed by atoms with E-state index in [2.05, 4.69) is 36.5 Å². The van der Waals surface area contributed by atoms with Gasteiger partial charge in [-0.05, 0) is 68.3 Å². The van der Waals surface area contributed by atoms with E-state index in [1.54, 1.807) is 17.8 Å². The van der Waals surface area contributed by atoms with Crippen LogP contribution in [0.5, 0.6) is 0 Å². The first-order valence-electron chi connectivity index (χ1n) is 9.29.